The molecule has 0 amide bonds. The van der Waals surface area contributed by atoms with E-state index in [-0.39, 0.29) is 10.7 Å². The van der Waals surface area contributed by atoms with Crippen molar-refractivity contribution in [3.8, 4) is 0 Å². The molecule has 5 nitrogen and oxygen atoms in total. The van der Waals surface area contributed by atoms with Crippen molar-refractivity contribution in [3.63, 3.8) is 0 Å². The van der Waals surface area contributed by atoms with Gasteiger partial charge in [0.2, 0.25) is 0 Å². The molecule has 0 aliphatic carbocycles. The number of hydrogen-bond donors (Lipinski definition) is 0. The van der Waals surface area contributed by atoms with E-state index < -0.39 is 0 Å². The standard InChI is InChI=1S/C8H11N3O2/c1-6-8(11(12)13)10-5-3-2-4-7(10)9-6/h2-5H2,1H3. The third-order valence-electron chi connectivity index (χ3n) is 2.39. The minimum absolute atomic E-state index is 0.176. The molecule has 0 bridgehead atoms. The van der Waals surface area contributed by atoms with Crippen LogP contribution >= 0.6 is 0 Å². The van der Waals surface area contributed by atoms with Gasteiger partial charge in [-0.2, -0.15) is 0 Å². The second-order valence-corrected chi connectivity index (χ2v) is 3.30. The maximum Gasteiger partial charge on any atom is 0.345 e. The SMILES string of the molecule is Cc1nc2n(c1[N+](=O)[O-])CCCC2. The van der Waals surface area contributed by atoms with Crippen molar-refractivity contribution >= 4 is 5.82 Å². The Morgan fingerprint density at radius 2 is 2.31 bits per heavy atom. The van der Waals surface area contributed by atoms with Crippen LogP contribution in [0.2, 0.25) is 0 Å². The van der Waals surface area contributed by atoms with Crippen molar-refractivity contribution in [1.82, 2.24) is 9.55 Å². The van der Waals surface area contributed by atoms with Crippen molar-refractivity contribution in [1.29, 1.82) is 0 Å². The molecule has 0 saturated carbocycles. The molecule has 1 aliphatic rings. The van der Waals surface area contributed by atoms with Gasteiger partial charge in [0, 0.05) is 6.42 Å². The number of rotatable bonds is 1. The van der Waals surface area contributed by atoms with Gasteiger partial charge in [0.1, 0.15) is 5.69 Å². The van der Waals surface area contributed by atoms with E-state index in [1.54, 1.807) is 11.5 Å². The summed E-state index contributed by atoms with van der Waals surface area (Å²) in [4.78, 5) is 14.6. The maximum absolute atomic E-state index is 10.7. The molecule has 0 radical (unpaired) electrons. The molecule has 5 heteroatoms. The van der Waals surface area contributed by atoms with Crippen LogP contribution in [0.25, 0.3) is 0 Å². The summed E-state index contributed by atoms with van der Waals surface area (Å²) in [5.74, 6) is 1.05. The van der Waals surface area contributed by atoms with Crippen LogP contribution < -0.4 is 0 Å². The first kappa shape index (κ1) is 8.22. The lowest BCUT2D eigenvalue weighted by Gasteiger charge is -2.08. The van der Waals surface area contributed by atoms with E-state index in [0.29, 0.717) is 5.69 Å². The zero-order valence-corrected chi connectivity index (χ0v) is 7.49. The summed E-state index contributed by atoms with van der Waals surface area (Å²) in [7, 11) is 0. The summed E-state index contributed by atoms with van der Waals surface area (Å²) in [6.07, 6.45) is 2.98. The number of nitro groups is 1. The zero-order chi connectivity index (χ0) is 9.42. The highest BCUT2D eigenvalue weighted by atomic mass is 16.6. The fourth-order valence-electron chi connectivity index (χ4n) is 1.83. The van der Waals surface area contributed by atoms with Crippen molar-refractivity contribution in [3.05, 3.63) is 21.6 Å². The molecule has 1 aromatic heterocycles. The molecule has 2 rings (SSSR count). The van der Waals surface area contributed by atoms with Gasteiger partial charge in [-0.1, -0.05) is 0 Å². The van der Waals surface area contributed by atoms with Crippen LogP contribution in [0.5, 0.6) is 0 Å². The molecule has 0 spiro atoms. The van der Waals surface area contributed by atoms with Crippen molar-refractivity contribution < 1.29 is 4.92 Å². The van der Waals surface area contributed by atoms with E-state index in [0.717, 1.165) is 31.6 Å². The molecule has 0 saturated heterocycles. The lowest BCUT2D eigenvalue weighted by Crippen LogP contribution is -2.12. The summed E-state index contributed by atoms with van der Waals surface area (Å²) in [5.41, 5.74) is 0.543. The fourth-order valence-corrected chi connectivity index (χ4v) is 1.83. The summed E-state index contributed by atoms with van der Waals surface area (Å²) in [6, 6.07) is 0. The van der Waals surface area contributed by atoms with Crippen LogP contribution in [0.4, 0.5) is 5.82 Å². The van der Waals surface area contributed by atoms with Crippen molar-refractivity contribution in [2.24, 2.45) is 0 Å². The first-order chi connectivity index (χ1) is 6.20. The van der Waals surface area contributed by atoms with Crippen LogP contribution in [0, 0.1) is 17.0 Å². The normalized spacial score (nSPS) is 15.5. The molecule has 1 aliphatic heterocycles. The van der Waals surface area contributed by atoms with Gasteiger partial charge >= 0.3 is 5.82 Å². The summed E-state index contributed by atoms with van der Waals surface area (Å²) >= 11 is 0. The molecule has 1 aromatic rings. The Hall–Kier alpha value is -1.39. The number of aromatic nitrogens is 2. The number of aryl methyl sites for hydroxylation is 2. The minimum atomic E-state index is -0.336. The predicted molar refractivity (Wildman–Crippen MR) is 46.6 cm³/mol. The van der Waals surface area contributed by atoms with Crippen LogP contribution in [0.15, 0.2) is 0 Å². The molecule has 2 heterocycles. The highest BCUT2D eigenvalue weighted by Crippen LogP contribution is 2.24. The monoisotopic (exact) mass is 181 g/mol. The second kappa shape index (κ2) is 2.83. The van der Waals surface area contributed by atoms with E-state index in [1.807, 2.05) is 0 Å². The zero-order valence-electron chi connectivity index (χ0n) is 7.49. The largest absolute Gasteiger partial charge is 0.358 e. The molecule has 0 N–H and O–H groups in total. The summed E-state index contributed by atoms with van der Waals surface area (Å²) in [5, 5.41) is 10.7. The van der Waals surface area contributed by atoms with E-state index in [9.17, 15) is 10.1 Å². The van der Waals surface area contributed by atoms with E-state index in [1.165, 1.54) is 0 Å². The molecular weight excluding hydrogens is 170 g/mol. The van der Waals surface area contributed by atoms with Crippen LogP contribution in [-0.4, -0.2) is 14.5 Å². The maximum atomic E-state index is 10.7. The van der Waals surface area contributed by atoms with Gasteiger partial charge < -0.3 is 10.1 Å². The quantitative estimate of drug-likeness (QED) is 0.486. The number of nitrogens with zero attached hydrogens (tertiary/aromatic N) is 3. The first-order valence-corrected chi connectivity index (χ1v) is 4.40. The third-order valence-corrected chi connectivity index (χ3v) is 2.39. The van der Waals surface area contributed by atoms with Crippen molar-refractivity contribution in [2.75, 3.05) is 0 Å². The molecule has 0 unspecified atom stereocenters. The molecule has 70 valence electrons. The third kappa shape index (κ3) is 1.20. The number of imidazole rings is 1. The molecule has 0 atom stereocenters. The number of fused-ring (bicyclic) bond motifs is 1. The minimum Gasteiger partial charge on any atom is -0.358 e. The van der Waals surface area contributed by atoms with Gasteiger partial charge in [-0.3, -0.25) is 0 Å². The molecule has 13 heavy (non-hydrogen) atoms. The highest BCUT2D eigenvalue weighted by Gasteiger charge is 2.26. The van der Waals surface area contributed by atoms with Crippen molar-refractivity contribution in [2.45, 2.75) is 32.7 Å². The fraction of sp³-hybridized carbons (Fsp3) is 0.625. The Kier molecular flexibility index (Phi) is 1.79. The topological polar surface area (TPSA) is 61.0 Å². The average Bonchev–Trinajstić information content (AvgIpc) is 2.39. The predicted octanol–water partition coefficient (Wildman–Crippen LogP) is 1.44. The van der Waals surface area contributed by atoms with Crippen LogP contribution in [0.1, 0.15) is 24.4 Å². The van der Waals surface area contributed by atoms with E-state index in [4.69, 9.17) is 0 Å². The Morgan fingerprint density at radius 3 is 3.00 bits per heavy atom. The van der Waals surface area contributed by atoms with Gasteiger partial charge in [0.15, 0.2) is 5.82 Å². The summed E-state index contributed by atoms with van der Waals surface area (Å²) in [6.45, 7) is 2.44. The Morgan fingerprint density at radius 1 is 1.54 bits per heavy atom. The molecule has 0 aromatic carbocycles. The lowest BCUT2D eigenvalue weighted by molar-refractivity contribution is -0.392. The summed E-state index contributed by atoms with van der Waals surface area (Å²) < 4.78 is 1.73. The van der Waals surface area contributed by atoms with Gasteiger partial charge in [-0.25, -0.2) is 9.55 Å². The van der Waals surface area contributed by atoms with Crippen LogP contribution in [0.3, 0.4) is 0 Å². The molecule has 0 fully saturated rings. The van der Waals surface area contributed by atoms with Gasteiger partial charge in [-0.15, -0.1) is 0 Å². The number of hydrogen-bond acceptors (Lipinski definition) is 3. The van der Waals surface area contributed by atoms with E-state index in [2.05, 4.69) is 4.98 Å². The second-order valence-electron chi connectivity index (χ2n) is 3.30. The Bertz CT molecular complexity index is 357. The van der Waals surface area contributed by atoms with Gasteiger partial charge in [-0.05, 0) is 24.7 Å². The van der Waals surface area contributed by atoms with Gasteiger partial charge in [0.25, 0.3) is 0 Å². The Balaban J connectivity index is 2.54. The lowest BCUT2D eigenvalue weighted by atomic mass is 10.2. The van der Waals surface area contributed by atoms with E-state index >= 15 is 0 Å². The van der Waals surface area contributed by atoms with Crippen LogP contribution in [-0.2, 0) is 13.0 Å². The smallest absolute Gasteiger partial charge is 0.345 e. The first-order valence-electron chi connectivity index (χ1n) is 4.40. The molecular formula is C8H11N3O2. The highest BCUT2D eigenvalue weighted by molar-refractivity contribution is 5.30. The van der Waals surface area contributed by atoms with Gasteiger partial charge in [0.05, 0.1) is 6.54 Å². The average molecular weight is 181 g/mol. The Labute approximate surface area is 75.5 Å².